The molecule has 7 heteroatoms. The van der Waals surface area contributed by atoms with E-state index >= 15 is 0 Å². The maximum absolute atomic E-state index is 14.0. The first-order valence-electron chi connectivity index (χ1n) is 6.17. The van der Waals surface area contributed by atoms with Crippen LogP contribution < -0.4 is 0 Å². The molecule has 0 amide bonds. The van der Waals surface area contributed by atoms with Gasteiger partial charge in [-0.3, -0.25) is 9.20 Å². The fourth-order valence-corrected chi connectivity index (χ4v) is 3.31. The third kappa shape index (κ3) is 2.84. The minimum Gasteiger partial charge on any atom is -0.481 e. The molecule has 0 fully saturated rings. The van der Waals surface area contributed by atoms with Crippen LogP contribution in [0, 0.1) is 5.82 Å². The zero-order valence-electron chi connectivity index (χ0n) is 10.7. The summed E-state index contributed by atoms with van der Waals surface area (Å²) in [5.41, 5.74) is 1.84. The van der Waals surface area contributed by atoms with Gasteiger partial charge < -0.3 is 5.11 Å². The SMILES string of the molecule is O=C(O)CCc1csc2nc(-c3ccc(Br)cc3F)cn12. The molecule has 108 valence electrons. The van der Waals surface area contributed by atoms with Crippen LogP contribution in [-0.2, 0) is 11.2 Å². The first kappa shape index (κ1) is 14.2. The lowest BCUT2D eigenvalue weighted by Gasteiger charge is -1.99. The Labute approximate surface area is 132 Å². The summed E-state index contributed by atoms with van der Waals surface area (Å²) in [7, 11) is 0. The molecular weight excluding hydrogens is 359 g/mol. The zero-order chi connectivity index (χ0) is 15.0. The molecule has 0 atom stereocenters. The highest BCUT2D eigenvalue weighted by Gasteiger charge is 2.13. The van der Waals surface area contributed by atoms with E-state index in [9.17, 15) is 9.18 Å². The van der Waals surface area contributed by atoms with Gasteiger partial charge in [0.25, 0.3) is 0 Å². The van der Waals surface area contributed by atoms with Crippen LogP contribution in [0.5, 0.6) is 0 Å². The van der Waals surface area contributed by atoms with Crippen LogP contribution >= 0.6 is 27.3 Å². The summed E-state index contributed by atoms with van der Waals surface area (Å²) in [6.07, 6.45) is 2.23. The van der Waals surface area contributed by atoms with Gasteiger partial charge in [-0.25, -0.2) is 9.37 Å². The Bertz CT molecular complexity index is 828. The molecule has 1 N–H and O–H groups in total. The molecular formula is C14H10BrFN2O2S. The molecule has 0 aliphatic heterocycles. The molecule has 3 aromatic rings. The Morgan fingerprint density at radius 3 is 3.00 bits per heavy atom. The number of nitrogens with zero attached hydrogens (tertiary/aromatic N) is 2. The number of carbonyl (C=O) groups is 1. The van der Waals surface area contributed by atoms with E-state index in [4.69, 9.17) is 5.11 Å². The second kappa shape index (κ2) is 5.57. The van der Waals surface area contributed by atoms with Gasteiger partial charge in [-0.2, -0.15) is 0 Å². The molecule has 0 saturated carbocycles. The minimum atomic E-state index is -0.839. The molecule has 1 aromatic carbocycles. The van der Waals surface area contributed by atoms with Gasteiger partial charge in [0.05, 0.1) is 12.1 Å². The number of fused-ring (bicyclic) bond motifs is 1. The second-order valence-electron chi connectivity index (χ2n) is 4.52. The predicted octanol–water partition coefficient (Wildman–Crippen LogP) is 3.98. The number of benzene rings is 1. The van der Waals surface area contributed by atoms with Crippen LogP contribution in [0.1, 0.15) is 12.1 Å². The largest absolute Gasteiger partial charge is 0.481 e. The van der Waals surface area contributed by atoms with Gasteiger partial charge >= 0.3 is 5.97 Å². The number of aliphatic carboxylic acids is 1. The van der Waals surface area contributed by atoms with E-state index in [2.05, 4.69) is 20.9 Å². The van der Waals surface area contributed by atoms with Crippen molar-refractivity contribution in [1.29, 1.82) is 0 Å². The van der Waals surface area contributed by atoms with Gasteiger partial charge in [-0.05, 0) is 24.6 Å². The van der Waals surface area contributed by atoms with Crippen molar-refractivity contribution in [1.82, 2.24) is 9.38 Å². The fraction of sp³-hybridized carbons (Fsp3) is 0.143. The van der Waals surface area contributed by atoms with Crippen molar-refractivity contribution in [2.75, 3.05) is 0 Å². The molecule has 2 heterocycles. The van der Waals surface area contributed by atoms with Crippen molar-refractivity contribution in [2.24, 2.45) is 0 Å². The van der Waals surface area contributed by atoms with E-state index < -0.39 is 5.97 Å². The quantitative estimate of drug-likeness (QED) is 0.757. The van der Waals surface area contributed by atoms with Crippen LogP contribution in [0.15, 0.2) is 34.2 Å². The molecule has 2 aromatic heterocycles. The Balaban J connectivity index is 1.99. The number of carboxylic acids is 1. The Kier molecular flexibility index (Phi) is 3.77. The maximum atomic E-state index is 14.0. The average Bonchev–Trinajstić information content (AvgIpc) is 2.96. The summed E-state index contributed by atoms with van der Waals surface area (Å²) in [5.74, 6) is -1.18. The lowest BCUT2D eigenvalue weighted by atomic mass is 10.1. The van der Waals surface area contributed by atoms with Crippen molar-refractivity contribution in [3.05, 3.63) is 45.8 Å². The van der Waals surface area contributed by atoms with Crippen LogP contribution in [0.2, 0.25) is 0 Å². The van der Waals surface area contributed by atoms with E-state index in [1.165, 1.54) is 17.4 Å². The van der Waals surface area contributed by atoms with E-state index in [-0.39, 0.29) is 12.2 Å². The summed E-state index contributed by atoms with van der Waals surface area (Å²) < 4.78 is 16.5. The van der Waals surface area contributed by atoms with Crippen LogP contribution in [0.3, 0.4) is 0 Å². The van der Waals surface area contributed by atoms with Crippen molar-refractivity contribution in [3.63, 3.8) is 0 Å². The summed E-state index contributed by atoms with van der Waals surface area (Å²) in [6.45, 7) is 0. The number of aryl methyl sites for hydroxylation is 1. The predicted molar refractivity (Wildman–Crippen MR) is 82.1 cm³/mol. The van der Waals surface area contributed by atoms with Gasteiger partial charge in [0, 0.05) is 27.3 Å². The summed E-state index contributed by atoms with van der Waals surface area (Å²) in [5, 5.41) is 10.6. The molecule has 0 bridgehead atoms. The van der Waals surface area contributed by atoms with E-state index in [1.807, 2.05) is 9.78 Å². The molecule has 0 radical (unpaired) electrons. The molecule has 4 nitrogen and oxygen atoms in total. The average molecular weight is 369 g/mol. The highest BCUT2D eigenvalue weighted by atomic mass is 79.9. The van der Waals surface area contributed by atoms with Crippen molar-refractivity contribution in [2.45, 2.75) is 12.8 Å². The highest BCUT2D eigenvalue weighted by molar-refractivity contribution is 9.10. The van der Waals surface area contributed by atoms with Crippen molar-refractivity contribution in [3.8, 4) is 11.3 Å². The number of halogens is 2. The molecule has 21 heavy (non-hydrogen) atoms. The highest BCUT2D eigenvalue weighted by Crippen LogP contribution is 2.27. The van der Waals surface area contributed by atoms with Crippen molar-refractivity contribution >= 4 is 38.2 Å². The molecule has 0 aliphatic carbocycles. The third-order valence-corrected chi connectivity index (χ3v) is 4.47. The Morgan fingerprint density at radius 1 is 1.48 bits per heavy atom. The minimum absolute atomic E-state index is 0.0615. The van der Waals surface area contributed by atoms with E-state index in [1.54, 1.807) is 18.3 Å². The number of rotatable bonds is 4. The molecule has 0 aliphatic rings. The topological polar surface area (TPSA) is 54.6 Å². The van der Waals surface area contributed by atoms with E-state index in [0.717, 1.165) is 10.7 Å². The number of imidazole rings is 1. The molecule has 3 rings (SSSR count). The first-order chi connectivity index (χ1) is 10.0. The van der Waals surface area contributed by atoms with Crippen molar-refractivity contribution < 1.29 is 14.3 Å². The number of hydrogen-bond acceptors (Lipinski definition) is 3. The zero-order valence-corrected chi connectivity index (χ0v) is 13.1. The fourth-order valence-electron chi connectivity index (χ4n) is 2.07. The molecule has 0 saturated heterocycles. The van der Waals surface area contributed by atoms with Crippen LogP contribution in [0.4, 0.5) is 4.39 Å². The van der Waals surface area contributed by atoms with Gasteiger partial charge in [-0.15, -0.1) is 11.3 Å². The number of carboxylic acid groups (broad SMARTS) is 1. The third-order valence-electron chi connectivity index (χ3n) is 3.09. The monoisotopic (exact) mass is 368 g/mol. The van der Waals surface area contributed by atoms with E-state index in [0.29, 0.717) is 22.2 Å². The van der Waals surface area contributed by atoms with Gasteiger partial charge in [-0.1, -0.05) is 15.9 Å². The summed E-state index contributed by atoms with van der Waals surface area (Å²) in [6, 6.07) is 4.83. The lowest BCUT2D eigenvalue weighted by molar-refractivity contribution is -0.136. The Hall–Kier alpha value is -1.73. The Morgan fingerprint density at radius 2 is 2.29 bits per heavy atom. The number of thiazole rings is 1. The normalized spacial score (nSPS) is 11.1. The smallest absolute Gasteiger partial charge is 0.303 e. The molecule has 0 spiro atoms. The standard InChI is InChI=1S/C14H10BrFN2O2S/c15-8-1-3-10(11(16)5-8)12-6-18-9(2-4-13(19)20)7-21-14(18)17-12/h1,3,5-7H,2,4H2,(H,19,20). The number of hydrogen-bond donors (Lipinski definition) is 1. The van der Waals surface area contributed by atoms with Gasteiger partial charge in [0.1, 0.15) is 5.82 Å². The second-order valence-corrected chi connectivity index (χ2v) is 6.28. The summed E-state index contributed by atoms with van der Waals surface area (Å²) >= 11 is 4.64. The maximum Gasteiger partial charge on any atom is 0.303 e. The summed E-state index contributed by atoms with van der Waals surface area (Å²) in [4.78, 5) is 15.8. The van der Waals surface area contributed by atoms with Gasteiger partial charge in [0.2, 0.25) is 0 Å². The van der Waals surface area contributed by atoms with Crippen LogP contribution in [-0.4, -0.2) is 20.5 Å². The van der Waals surface area contributed by atoms with Crippen LogP contribution in [0.25, 0.3) is 16.2 Å². The lowest BCUT2D eigenvalue weighted by Crippen LogP contribution is -1.99. The number of aromatic nitrogens is 2. The first-order valence-corrected chi connectivity index (χ1v) is 7.84. The molecule has 0 unspecified atom stereocenters. The van der Waals surface area contributed by atoms with Gasteiger partial charge in [0.15, 0.2) is 4.96 Å².